The number of rotatable bonds is 4. The van der Waals surface area contributed by atoms with Crippen LogP contribution in [0.3, 0.4) is 0 Å². The highest BCUT2D eigenvalue weighted by Crippen LogP contribution is 2.30. The predicted octanol–water partition coefficient (Wildman–Crippen LogP) is 2.48. The van der Waals surface area contributed by atoms with Crippen LogP contribution in [0.25, 0.3) is 0 Å². The van der Waals surface area contributed by atoms with Gasteiger partial charge in [-0.05, 0) is 29.7 Å². The van der Waals surface area contributed by atoms with Crippen LogP contribution in [0, 0.1) is 0 Å². The molecule has 1 aliphatic heterocycles. The molecule has 0 spiro atoms. The minimum absolute atomic E-state index is 0.283. The molecule has 8 heteroatoms. The summed E-state index contributed by atoms with van der Waals surface area (Å²) < 4.78 is 15.3. The zero-order valence-corrected chi connectivity index (χ0v) is 15.4. The Morgan fingerprint density at radius 1 is 1.15 bits per heavy atom. The van der Waals surface area contributed by atoms with Crippen molar-refractivity contribution in [2.24, 2.45) is 0 Å². The third kappa shape index (κ3) is 3.79. The lowest BCUT2D eigenvalue weighted by atomic mass is 9.97. The molecule has 1 N–H and O–H groups in total. The summed E-state index contributed by atoms with van der Waals surface area (Å²) in [4.78, 5) is 30.3. The molecule has 2 amide bonds. The Labute approximate surface area is 157 Å². The van der Waals surface area contributed by atoms with Crippen molar-refractivity contribution in [2.45, 2.75) is 13.0 Å². The van der Waals surface area contributed by atoms with Gasteiger partial charge in [-0.1, -0.05) is 0 Å². The molecule has 0 fully saturated rings. The molecule has 3 rings (SSSR count). The quantitative estimate of drug-likeness (QED) is 0.888. The van der Waals surface area contributed by atoms with E-state index in [-0.39, 0.29) is 5.91 Å². The number of hydrogen-bond acceptors (Lipinski definition) is 6. The highest BCUT2D eigenvalue weighted by Gasteiger charge is 2.25. The van der Waals surface area contributed by atoms with Crippen molar-refractivity contribution < 1.29 is 23.8 Å². The van der Waals surface area contributed by atoms with Gasteiger partial charge in [-0.25, -0.2) is 4.79 Å². The molecule has 0 aliphatic carbocycles. The number of carbonyl (C=O) groups excluding carboxylic acids is 2. The molecule has 1 aromatic heterocycles. The summed E-state index contributed by atoms with van der Waals surface area (Å²) in [6.07, 6.45) is 3.38. The molecule has 1 aromatic carbocycles. The van der Waals surface area contributed by atoms with Crippen molar-refractivity contribution in [1.82, 2.24) is 9.88 Å². The lowest BCUT2D eigenvalue weighted by molar-refractivity contribution is 0.102. The summed E-state index contributed by atoms with van der Waals surface area (Å²) in [6.45, 7) is 0.845. The number of ether oxygens (including phenoxy) is 3. The van der Waals surface area contributed by atoms with Crippen LogP contribution in [-0.2, 0) is 17.7 Å². The topological polar surface area (TPSA) is 90.0 Å². The number of benzene rings is 1. The van der Waals surface area contributed by atoms with Gasteiger partial charge in [0.2, 0.25) is 0 Å². The van der Waals surface area contributed by atoms with E-state index in [4.69, 9.17) is 14.2 Å². The first-order valence-electron chi connectivity index (χ1n) is 8.39. The molecule has 142 valence electrons. The molecular formula is C19H21N3O5. The number of carbonyl (C=O) groups is 2. The van der Waals surface area contributed by atoms with Crippen LogP contribution in [0.5, 0.6) is 11.5 Å². The Morgan fingerprint density at radius 3 is 2.67 bits per heavy atom. The number of hydrogen-bond donors (Lipinski definition) is 1. The number of pyridine rings is 1. The molecule has 0 saturated carbocycles. The first-order chi connectivity index (χ1) is 13.1. The Bertz CT molecular complexity index is 868. The second-order valence-corrected chi connectivity index (χ2v) is 5.99. The highest BCUT2D eigenvalue weighted by molar-refractivity contribution is 6.06. The van der Waals surface area contributed by atoms with Crippen molar-refractivity contribution in [3.8, 4) is 11.5 Å². The highest BCUT2D eigenvalue weighted by atomic mass is 16.5. The van der Waals surface area contributed by atoms with Gasteiger partial charge in [0.25, 0.3) is 5.91 Å². The second kappa shape index (κ2) is 7.94. The van der Waals surface area contributed by atoms with E-state index in [1.54, 1.807) is 36.4 Å². The Morgan fingerprint density at radius 2 is 1.96 bits per heavy atom. The van der Waals surface area contributed by atoms with Gasteiger partial charge in [-0.3, -0.25) is 9.78 Å². The van der Waals surface area contributed by atoms with E-state index >= 15 is 0 Å². The molecule has 0 bridgehead atoms. The van der Waals surface area contributed by atoms with Crippen LogP contribution in [-0.4, -0.2) is 49.8 Å². The third-order valence-corrected chi connectivity index (χ3v) is 4.47. The Kier molecular flexibility index (Phi) is 5.44. The number of aromatic nitrogens is 1. The molecule has 2 heterocycles. The number of nitrogens with one attached hydrogen (secondary N) is 1. The maximum atomic E-state index is 12.8. The summed E-state index contributed by atoms with van der Waals surface area (Å²) in [5.41, 5.74) is 2.74. The fourth-order valence-electron chi connectivity index (χ4n) is 3.07. The smallest absolute Gasteiger partial charge is 0.409 e. The number of methoxy groups -OCH3 is 3. The maximum Gasteiger partial charge on any atom is 0.409 e. The largest absolute Gasteiger partial charge is 0.497 e. The molecule has 0 radical (unpaired) electrons. The number of anilines is 1. The van der Waals surface area contributed by atoms with Crippen molar-refractivity contribution >= 4 is 17.7 Å². The number of amides is 2. The van der Waals surface area contributed by atoms with Gasteiger partial charge in [0.1, 0.15) is 11.5 Å². The predicted molar refractivity (Wildman–Crippen MR) is 98.3 cm³/mol. The summed E-state index contributed by atoms with van der Waals surface area (Å²) in [5, 5.41) is 2.86. The summed E-state index contributed by atoms with van der Waals surface area (Å²) in [6, 6.07) is 5.16. The van der Waals surface area contributed by atoms with E-state index in [1.807, 2.05) is 0 Å². The lowest BCUT2D eigenvalue weighted by Crippen LogP contribution is -2.36. The van der Waals surface area contributed by atoms with Gasteiger partial charge >= 0.3 is 6.09 Å². The van der Waals surface area contributed by atoms with Gasteiger partial charge in [0.15, 0.2) is 0 Å². The van der Waals surface area contributed by atoms with Crippen molar-refractivity contribution in [2.75, 3.05) is 33.2 Å². The lowest BCUT2D eigenvalue weighted by Gasteiger charge is -2.28. The maximum absolute atomic E-state index is 12.8. The van der Waals surface area contributed by atoms with E-state index in [0.717, 1.165) is 11.1 Å². The molecule has 2 aromatic rings. The van der Waals surface area contributed by atoms with Gasteiger partial charge in [0, 0.05) is 25.0 Å². The van der Waals surface area contributed by atoms with Crippen LogP contribution in [0.4, 0.5) is 10.5 Å². The summed E-state index contributed by atoms with van der Waals surface area (Å²) in [5.74, 6) is 0.846. The molecule has 8 nitrogen and oxygen atoms in total. The Hall–Kier alpha value is -3.29. The summed E-state index contributed by atoms with van der Waals surface area (Å²) >= 11 is 0. The molecule has 27 heavy (non-hydrogen) atoms. The average Bonchev–Trinajstić information content (AvgIpc) is 2.72. The van der Waals surface area contributed by atoms with E-state index < -0.39 is 6.09 Å². The fraction of sp³-hybridized carbons (Fsp3) is 0.316. The van der Waals surface area contributed by atoms with E-state index in [0.29, 0.717) is 42.3 Å². The normalized spacial score (nSPS) is 12.8. The van der Waals surface area contributed by atoms with Crippen LogP contribution in [0.2, 0.25) is 0 Å². The first kappa shape index (κ1) is 18.5. The number of nitrogens with zero attached hydrogens (tertiary/aromatic N) is 2. The minimum atomic E-state index is -0.390. The molecule has 0 atom stereocenters. The van der Waals surface area contributed by atoms with Crippen molar-refractivity contribution in [3.05, 3.63) is 47.3 Å². The van der Waals surface area contributed by atoms with Crippen molar-refractivity contribution in [1.29, 1.82) is 0 Å². The van der Waals surface area contributed by atoms with Crippen molar-refractivity contribution in [3.63, 3.8) is 0 Å². The zero-order valence-electron chi connectivity index (χ0n) is 15.4. The van der Waals surface area contributed by atoms with Crippen LogP contribution in [0.1, 0.15) is 21.5 Å². The van der Waals surface area contributed by atoms with Gasteiger partial charge in [-0.15, -0.1) is 0 Å². The van der Waals surface area contributed by atoms with E-state index in [1.165, 1.54) is 20.4 Å². The van der Waals surface area contributed by atoms with E-state index in [9.17, 15) is 9.59 Å². The second-order valence-electron chi connectivity index (χ2n) is 5.99. The third-order valence-electron chi connectivity index (χ3n) is 4.47. The van der Waals surface area contributed by atoms with Crippen LogP contribution >= 0.6 is 0 Å². The fourth-order valence-corrected chi connectivity index (χ4v) is 3.07. The van der Waals surface area contributed by atoms with Gasteiger partial charge in [-0.2, -0.15) is 0 Å². The summed E-state index contributed by atoms with van der Waals surface area (Å²) in [7, 11) is 4.44. The SMILES string of the molecule is COC(=O)N1CCc2c(cncc2C(=O)Nc2ccc(OC)cc2OC)C1. The van der Waals surface area contributed by atoms with Gasteiger partial charge in [0.05, 0.1) is 39.1 Å². The van der Waals surface area contributed by atoms with E-state index in [2.05, 4.69) is 10.3 Å². The monoisotopic (exact) mass is 371 g/mol. The van der Waals surface area contributed by atoms with Crippen LogP contribution in [0.15, 0.2) is 30.6 Å². The molecular weight excluding hydrogens is 350 g/mol. The Balaban J connectivity index is 1.84. The average molecular weight is 371 g/mol. The molecule has 0 saturated heterocycles. The van der Waals surface area contributed by atoms with Gasteiger partial charge < -0.3 is 24.4 Å². The standard InChI is InChI=1S/C19H21N3O5/c1-25-13-4-5-16(17(8-13)26-2)21-18(23)15-10-20-9-12-11-22(19(24)27-3)7-6-14(12)15/h4-5,8-10H,6-7,11H2,1-3H3,(H,21,23). The zero-order chi connectivity index (χ0) is 19.4. The molecule has 0 unspecified atom stereocenters. The number of fused-ring (bicyclic) bond motifs is 1. The minimum Gasteiger partial charge on any atom is -0.497 e. The first-order valence-corrected chi connectivity index (χ1v) is 8.39. The van der Waals surface area contributed by atoms with Crippen LogP contribution < -0.4 is 14.8 Å². The molecule has 1 aliphatic rings.